The van der Waals surface area contributed by atoms with Crippen molar-refractivity contribution in [2.45, 2.75) is 33.2 Å². The topological polar surface area (TPSA) is 92.4 Å². The second-order valence-electron chi connectivity index (χ2n) is 3.90. The van der Waals surface area contributed by atoms with Gasteiger partial charge in [-0.15, -0.1) is 0 Å². The Balaban J connectivity index is 4.11. The molecule has 0 radical (unpaired) electrons. The summed E-state index contributed by atoms with van der Waals surface area (Å²) in [6.45, 7) is 5.49. The smallest absolute Gasteiger partial charge is 0.308 e. The van der Waals surface area contributed by atoms with Crippen LogP contribution < -0.4 is 11.1 Å². The molecule has 0 aromatic heterocycles. The third-order valence-electron chi connectivity index (χ3n) is 2.56. The fourth-order valence-electron chi connectivity index (χ4n) is 1.09. The van der Waals surface area contributed by atoms with Crippen LogP contribution in [0, 0.1) is 11.8 Å². The highest BCUT2D eigenvalue weighted by atomic mass is 16.4. The quantitative estimate of drug-likeness (QED) is 0.591. The van der Waals surface area contributed by atoms with Crippen LogP contribution in [-0.4, -0.2) is 29.6 Å². The monoisotopic (exact) mass is 216 g/mol. The number of carbonyl (C=O) groups is 2. The van der Waals surface area contributed by atoms with E-state index in [4.69, 9.17) is 10.8 Å². The Morgan fingerprint density at radius 2 is 1.87 bits per heavy atom. The van der Waals surface area contributed by atoms with Gasteiger partial charge in [0.1, 0.15) is 0 Å². The minimum absolute atomic E-state index is 0.138. The summed E-state index contributed by atoms with van der Waals surface area (Å²) in [6, 6.07) is -0.366. The van der Waals surface area contributed by atoms with E-state index in [1.54, 1.807) is 20.8 Å². The van der Waals surface area contributed by atoms with E-state index in [-0.39, 0.29) is 17.9 Å². The van der Waals surface area contributed by atoms with Gasteiger partial charge in [0.15, 0.2) is 0 Å². The Morgan fingerprint density at radius 1 is 1.33 bits per heavy atom. The van der Waals surface area contributed by atoms with Crippen LogP contribution >= 0.6 is 0 Å². The van der Waals surface area contributed by atoms with Gasteiger partial charge in [-0.25, -0.2) is 0 Å². The lowest BCUT2D eigenvalue weighted by atomic mass is 10.0. The van der Waals surface area contributed by atoms with Gasteiger partial charge < -0.3 is 16.2 Å². The van der Waals surface area contributed by atoms with Gasteiger partial charge in [-0.2, -0.15) is 0 Å². The average Bonchev–Trinajstić information content (AvgIpc) is 2.16. The minimum Gasteiger partial charge on any atom is -0.481 e. The molecule has 0 bridgehead atoms. The summed E-state index contributed by atoms with van der Waals surface area (Å²) in [7, 11) is 0. The second kappa shape index (κ2) is 6.40. The molecule has 1 amide bonds. The highest BCUT2D eigenvalue weighted by molar-refractivity contribution is 5.79. The third-order valence-corrected chi connectivity index (χ3v) is 2.56. The summed E-state index contributed by atoms with van der Waals surface area (Å²) in [5, 5.41) is 11.4. The maximum atomic E-state index is 11.5. The van der Waals surface area contributed by atoms with Crippen LogP contribution in [0.4, 0.5) is 0 Å². The number of carboxylic acids is 1. The van der Waals surface area contributed by atoms with Crippen LogP contribution in [0.1, 0.15) is 27.2 Å². The molecule has 0 aliphatic carbocycles. The Morgan fingerprint density at radius 3 is 2.27 bits per heavy atom. The molecule has 0 aromatic rings. The van der Waals surface area contributed by atoms with Gasteiger partial charge in [0, 0.05) is 12.0 Å². The lowest BCUT2D eigenvalue weighted by Crippen LogP contribution is -2.42. The first-order chi connectivity index (χ1) is 6.90. The number of hydrogen-bond donors (Lipinski definition) is 3. The van der Waals surface area contributed by atoms with Crippen LogP contribution in [0.2, 0.25) is 0 Å². The molecule has 0 spiro atoms. The largest absolute Gasteiger partial charge is 0.481 e. The zero-order valence-electron chi connectivity index (χ0n) is 9.49. The zero-order chi connectivity index (χ0) is 12.0. The standard InChI is InChI=1S/C10H20N2O3/c1-6(4-5-11)9(13)12-8(3)7(2)10(14)15/h6-8H,4-5,11H2,1-3H3,(H,12,13)(H,14,15). The van der Waals surface area contributed by atoms with Crippen molar-refractivity contribution in [3.63, 3.8) is 0 Å². The molecule has 4 N–H and O–H groups in total. The minimum atomic E-state index is -0.908. The van der Waals surface area contributed by atoms with E-state index in [9.17, 15) is 9.59 Å². The van der Waals surface area contributed by atoms with E-state index < -0.39 is 11.9 Å². The van der Waals surface area contributed by atoms with Crippen LogP contribution in [0.3, 0.4) is 0 Å². The Kier molecular flexibility index (Phi) is 5.93. The number of nitrogens with two attached hydrogens (primary N) is 1. The number of hydrogen-bond acceptors (Lipinski definition) is 3. The molecule has 5 heteroatoms. The van der Waals surface area contributed by atoms with Gasteiger partial charge in [-0.05, 0) is 26.8 Å². The van der Waals surface area contributed by atoms with E-state index in [0.29, 0.717) is 13.0 Å². The van der Waals surface area contributed by atoms with Crippen molar-refractivity contribution in [2.24, 2.45) is 17.6 Å². The van der Waals surface area contributed by atoms with Crippen LogP contribution in [0.5, 0.6) is 0 Å². The van der Waals surface area contributed by atoms with Crippen LogP contribution in [0.15, 0.2) is 0 Å². The first kappa shape index (κ1) is 13.9. The molecule has 0 saturated carbocycles. The number of rotatable bonds is 6. The van der Waals surface area contributed by atoms with Crippen LogP contribution in [0.25, 0.3) is 0 Å². The van der Waals surface area contributed by atoms with Gasteiger partial charge >= 0.3 is 5.97 Å². The normalized spacial score (nSPS) is 16.5. The maximum absolute atomic E-state index is 11.5. The molecule has 0 aliphatic rings. The molecule has 5 nitrogen and oxygen atoms in total. The molecule has 0 saturated heterocycles. The molecule has 3 unspecified atom stereocenters. The number of nitrogens with one attached hydrogen (secondary N) is 1. The molecule has 0 aliphatic heterocycles. The van der Waals surface area contributed by atoms with Crippen molar-refractivity contribution >= 4 is 11.9 Å². The summed E-state index contributed by atoms with van der Waals surface area (Å²) >= 11 is 0. The van der Waals surface area contributed by atoms with E-state index in [1.807, 2.05) is 0 Å². The summed E-state index contributed by atoms with van der Waals surface area (Å²) in [6.07, 6.45) is 0.611. The van der Waals surface area contributed by atoms with E-state index in [0.717, 1.165) is 0 Å². The Labute approximate surface area is 90.0 Å². The van der Waals surface area contributed by atoms with Crippen molar-refractivity contribution in [1.82, 2.24) is 5.32 Å². The highest BCUT2D eigenvalue weighted by Crippen LogP contribution is 2.05. The molecule has 88 valence electrons. The zero-order valence-corrected chi connectivity index (χ0v) is 9.49. The van der Waals surface area contributed by atoms with Gasteiger partial charge in [-0.1, -0.05) is 6.92 Å². The van der Waals surface area contributed by atoms with Gasteiger partial charge in [-0.3, -0.25) is 9.59 Å². The van der Waals surface area contributed by atoms with E-state index in [2.05, 4.69) is 5.32 Å². The van der Waals surface area contributed by atoms with Gasteiger partial charge in [0.2, 0.25) is 5.91 Å². The number of amides is 1. The molecule has 0 aromatic carbocycles. The third kappa shape index (κ3) is 4.78. The number of aliphatic carboxylic acids is 1. The fraction of sp³-hybridized carbons (Fsp3) is 0.800. The van der Waals surface area contributed by atoms with E-state index in [1.165, 1.54) is 0 Å². The molecule has 3 atom stereocenters. The molecular formula is C10H20N2O3. The maximum Gasteiger partial charge on any atom is 0.308 e. The number of carbonyl (C=O) groups excluding carboxylic acids is 1. The lowest BCUT2D eigenvalue weighted by Gasteiger charge is -2.20. The van der Waals surface area contributed by atoms with Gasteiger partial charge in [0.05, 0.1) is 5.92 Å². The summed E-state index contributed by atoms with van der Waals surface area (Å²) in [5.41, 5.74) is 5.33. The van der Waals surface area contributed by atoms with Crippen molar-refractivity contribution in [1.29, 1.82) is 0 Å². The highest BCUT2D eigenvalue weighted by Gasteiger charge is 2.22. The van der Waals surface area contributed by atoms with E-state index >= 15 is 0 Å². The second-order valence-corrected chi connectivity index (χ2v) is 3.90. The van der Waals surface area contributed by atoms with Crippen molar-refractivity contribution in [2.75, 3.05) is 6.54 Å². The predicted octanol–water partition coefficient (Wildman–Crippen LogP) is 0.197. The molecular weight excluding hydrogens is 196 g/mol. The first-order valence-electron chi connectivity index (χ1n) is 5.13. The molecule has 0 fully saturated rings. The number of carboxylic acid groups (broad SMARTS) is 1. The summed E-state index contributed by atoms with van der Waals surface area (Å²) < 4.78 is 0. The SMILES string of the molecule is CC(CCN)C(=O)NC(C)C(C)C(=O)O. The lowest BCUT2D eigenvalue weighted by molar-refractivity contribution is -0.142. The molecule has 0 heterocycles. The first-order valence-corrected chi connectivity index (χ1v) is 5.13. The Hall–Kier alpha value is -1.10. The van der Waals surface area contributed by atoms with Crippen molar-refractivity contribution in [3.05, 3.63) is 0 Å². The summed E-state index contributed by atoms with van der Waals surface area (Å²) in [4.78, 5) is 22.2. The van der Waals surface area contributed by atoms with Gasteiger partial charge in [0.25, 0.3) is 0 Å². The average molecular weight is 216 g/mol. The van der Waals surface area contributed by atoms with Crippen molar-refractivity contribution < 1.29 is 14.7 Å². The fourth-order valence-corrected chi connectivity index (χ4v) is 1.09. The molecule has 0 rings (SSSR count). The van der Waals surface area contributed by atoms with Crippen molar-refractivity contribution in [3.8, 4) is 0 Å². The Bertz CT molecular complexity index is 231. The molecule has 15 heavy (non-hydrogen) atoms. The summed E-state index contributed by atoms with van der Waals surface area (Å²) in [5.74, 6) is -1.80. The predicted molar refractivity (Wildman–Crippen MR) is 57.2 cm³/mol. The van der Waals surface area contributed by atoms with Crippen LogP contribution in [-0.2, 0) is 9.59 Å².